The molecule has 0 aliphatic rings. The number of hydrogen-bond acceptors (Lipinski definition) is 5. The van der Waals surface area contributed by atoms with Crippen molar-refractivity contribution >= 4 is 22.6 Å². The van der Waals surface area contributed by atoms with Crippen LogP contribution in [0.25, 0.3) is 0 Å². The number of rotatable bonds is 4. The predicted molar refractivity (Wildman–Crippen MR) is 83.3 cm³/mol. The van der Waals surface area contributed by atoms with Crippen LogP contribution in [0.1, 0.15) is 5.56 Å². The minimum Gasteiger partial charge on any atom is -0.486 e. The fourth-order valence-electron chi connectivity index (χ4n) is 1.67. The smallest absolute Gasteiger partial charge is 0.183 e. The van der Waals surface area contributed by atoms with Crippen LogP contribution in [0.15, 0.2) is 35.6 Å². The second kappa shape index (κ2) is 7.47. The van der Waals surface area contributed by atoms with Crippen LogP contribution in [0, 0.1) is 17.3 Å². The molecule has 0 spiro atoms. The molecule has 0 atom stereocenters. The molecule has 1 aromatic heterocycles. The van der Waals surface area contributed by atoms with Gasteiger partial charge in [0.25, 0.3) is 0 Å². The van der Waals surface area contributed by atoms with Gasteiger partial charge >= 0.3 is 0 Å². The van der Waals surface area contributed by atoms with Crippen molar-refractivity contribution in [1.29, 1.82) is 5.26 Å². The lowest BCUT2D eigenvalue weighted by atomic mass is 10.3. The Labute approximate surface area is 131 Å². The molecule has 0 unspecified atom stereocenters. The van der Waals surface area contributed by atoms with Crippen LogP contribution in [0.5, 0.6) is 5.75 Å². The van der Waals surface area contributed by atoms with Crippen LogP contribution in [-0.2, 0) is 13.7 Å². The number of aromatic nitrogens is 2. The maximum Gasteiger partial charge on any atom is 0.183 e. The SMILES string of the molecule is CSC(=Nc1ccc(OCc2cnn(C)c2)c(F)c1)NC#N. The summed E-state index contributed by atoms with van der Waals surface area (Å²) in [4.78, 5) is 4.13. The third kappa shape index (κ3) is 4.23. The van der Waals surface area contributed by atoms with Gasteiger partial charge in [0.2, 0.25) is 0 Å². The average molecular weight is 319 g/mol. The first-order valence-corrected chi connectivity index (χ1v) is 7.52. The Bertz CT molecular complexity index is 722. The molecule has 2 aromatic rings. The number of nitriles is 1. The summed E-state index contributed by atoms with van der Waals surface area (Å²) in [5.41, 5.74) is 1.25. The molecule has 22 heavy (non-hydrogen) atoms. The fraction of sp³-hybridized carbons (Fsp3) is 0.214. The average Bonchev–Trinajstić information content (AvgIpc) is 2.91. The molecule has 114 valence electrons. The van der Waals surface area contributed by atoms with Crippen molar-refractivity contribution < 1.29 is 9.13 Å². The Balaban J connectivity index is 2.07. The highest BCUT2D eigenvalue weighted by Crippen LogP contribution is 2.24. The van der Waals surface area contributed by atoms with Crippen molar-refractivity contribution in [3.8, 4) is 11.9 Å². The Morgan fingerprint density at radius 1 is 1.59 bits per heavy atom. The number of aliphatic imine (C=N–C) groups is 1. The fourth-order valence-corrected chi connectivity index (χ4v) is 2.02. The maximum atomic E-state index is 14.0. The van der Waals surface area contributed by atoms with Crippen LogP contribution in [0.4, 0.5) is 10.1 Å². The third-order valence-electron chi connectivity index (χ3n) is 2.65. The van der Waals surface area contributed by atoms with Gasteiger partial charge in [-0.15, -0.1) is 0 Å². The molecule has 0 bridgehead atoms. The summed E-state index contributed by atoms with van der Waals surface area (Å²) < 4.78 is 21.1. The first-order valence-electron chi connectivity index (χ1n) is 6.30. The molecule has 1 N–H and O–H groups in total. The van der Waals surface area contributed by atoms with Crippen molar-refractivity contribution in [3.63, 3.8) is 0 Å². The summed E-state index contributed by atoms with van der Waals surface area (Å²) in [6.45, 7) is 0.236. The summed E-state index contributed by atoms with van der Waals surface area (Å²) >= 11 is 1.26. The van der Waals surface area contributed by atoms with Gasteiger partial charge in [-0.2, -0.15) is 10.4 Å². The summed E-state index contributed by atoms with van der Waals surface area (Å²) in [6.07, 6.45) is 7.01. The van der Waals surface area contributed by atoms with Crippen LogP contribution in [0.2, 0.25) is 0 Å². The topological polar surface area (TPSA) is 75.2 Å². The molecule has 1 heterocycles. The van der Waals surface area contributed by atoms with Gasteiger partial charge in [0.1, 0.15) is 6.61 Å². The monoisotopic (exact) mass is 319 g/mol. The highest BCUT2D eigenvalue weighted by molar-refractivity contribution is 8.13. The summed E-state index contributed by atoms with van der Waals surface area (Å²) in [6, 6.07) is 4.39. The van der Waals surface area contributed by atoms with E-state index in [1.54, 1.807) is 42.6 Å². The molecule has 0 aliphatic heterocycles. The van der Waals surface area contributed by atoms with Gasteiger partial charge in [0.05, 0.1) is 11.9 Å². The summed E-state index contributed by atoms with van der Waals surface area (Å²) in [7, 11) is 1.80. The minimum atomic E-state index is -0.512. The second-order valence-electron chi connectivity index (χ2n) is 4.28. The first-order chi connectivity index (χ1) is 10.6. The maximum absolute atomic E-state index is 14.0. The third-order valence-corrected chi connectivity index (χ3v) is 3.24. The number of hydrogen-bond donors (Lipinski definition) is 1. The Morgan fingerprint density at radius 2 is 2.41 bits per heavy atom. The molecule has 2 rings (SSSR count). The first kappa shape index (κ1) is 15.9. The molecule has 8 heteroatoms. The van der Waals surface area contributed by atoms with Crippen LogP contribution in [-0.4, -0.2) is 21.2 Å². The number of halogens is 1. The number of benzene rings is 1. The summed E-state index contributed by atoms with van der Waals surface area (Å²) in [5.74, 6) is -0.371. The molecule has 0 fully saturated rings. The molecule has 6 nitrogen and oxygen atoms in total. The largest absolute Gasteiger partial charge is 0.486 e. The Kier molecular flexibility index (Phi) is 5.38. The van der Waals surface area contributed by atoms with Gasteiger partial charge in [-0.05, 0) is 18.4 Å². The number of nitrogens with one attached hydrogen (secondary N) is 1. The molecule has 0 saturated carbocycles. The quantitative estimate of drug-likeness (QED) is 0.406. The van der Waals surface area contributed by atoms with Gasteiger partial charge in [-0.3, -0.25) is 10.00 Å². The van der Waals surface area contributed by atoms with Crippen LogP contribution >= 0.6 is 11.8 Å². The van der Waals surface area contributed by atoms with E-state index in [0.717, 1.165) is 5.56 Å². The zero-order valence-corrected chi connectivity index (χ0v) is 12.9. The zero-order valence-electron chi connectivity index (χ0n) is 12.1. The van der Waals surface area contributed by atoms with E-state index in [1.165, 1.54) is 23.9 Å². The number of amidine groups is 1. The van der Waals surface area contributed by atoms with E-state index >= 15 is 0 Å². The zero-order chi connectivity index (χ0) is 15.9. The van der Waals surface area contributed by atoms with E-state index in [-0.39, 0.29) is 12.4 Å². The lowest BCUT2D eigenvalue weighted by Crippen LogP contribution is -2.12. The number of ether oxygens (including phenoxy) is 1. The van der Waals surface area contributed by atoms with Gasteiger partial charge in [-0.25, -0.2) is 9.38 Å². The van der Waals surface area contributed by atoms with Crippen molar-refractivity contribution in [2.75, 3.05) is 6.26 Å². The lowest BCUT2D eigenvalue weighted by Gasteiger charge is -2.07. The number of thioether (sulfide) groups is 1. The van der Waals surface area contributed by atoms with E-state index in [1.807, 2.05) is 0 Å². The highest BCUT2D eigenvalue weighted by atomic mass is 32.2. The second-order valence-corrected chi connectivity index (χ2v) is 5.08. The highest BCUT2D eigenvalue weighted by Gasteiger charge is 2.06. The summed E-state index contributed by atoms with van der Waals surface area (Å²) in [5, 5.41) is 15.4. The van der Waals surface area contributed by atoms with Crippen molar-refractivity contribution in [1.82, 2.24) is 15.1 Å². The van der Waals surface area contributed by atoms with Gasteiger partial charge in [0, 0.05) is 24.9 Å². The molecule has 0 saturated heterocycles. The Morgan fingerprint density at radius 3 is 3.00 bits per heavy atom. The van der Waals surface area contributed by atoms with Crippen molar-refractivity contribution in [2.24, 2.45) is 12.0 Å². The van der Waals surface area contributed by atoms with E-state index < -0.39 is 5.82 Å². The molecular weight excluding hydrogens is 305 g/mol. The molecule has 0 radical (unpaired) electrons. The van der Waals surface area contributed by atoms with E-state index in [4.69, 9.17) is 10.00 Å². The van der Waals surface area contributed by atoms with Crippen LogP contribution < -0.4 is 10.1 Å². The Hall–Kier alpha value is -2.53. The molecule has 0 aliphatic carbocycles. The van der Waals surface area contributed by atoms with Gasteiger partial charge < -0.3 is 4.74 Å². The van der Waals surface area contributed by atoms with Crippen molar-refractivity contribution in [2.45, 2.75) is 6.61 Å². The standard InChI is InChI=1S/C14H14FN5OS/c1-20-7-10(6-18-20)8-21-13-4-3-11(5-12(13)15)19-14(22-2)17-9-16/h3-7H,8H2,1-2H3,(H,17,19). The lowest BCUT2D eigenvalue weighted by molar-refractivity contribution is 0.290. The molecule has 0 amide bonds. The van der Waals surface area contributed by atoms with Crippen LogP contribution in [0.3, 0.4) is 0 Å². The van der Waals surface area contributed by atoms with Gasteiger partial charge in [0.15, 0.2) is 22.9 Å². The van der Waals surface area contributed by atoms with E-state index in [9.17, 15) is 4.39 Å². The predicted octanol–water partition coefficient (Wildman–Crippen LogP) is 2.56. The minimum absolute atomic E-state index is 0.141. The molecule has 1 aromatic carbocycles. The van der Waals surface area contributed by atoms with E-state index in [2.05, 4.69) is 15.4 Å². The normalized spacial score (nSPS) is 11.1. The van der Waals surface area contributed by atoms with E-state index in [0.29, 0.717) is 10.9 Å². The number of nitrogens with zero attached hydrogens (tertiary/aromatic N) is 4. The number of aryl methyl sites for hydroxylation is 1. The van der Waals surface area contributed by atoms with Crippen molar-refractivity contribution in [3.05, 3.63) is 42.0 Å². The molecular formula is C14H14FN5OS. The van der Waals surface area contributed by atoms with Gasteiger partial charge in [-0.1, -0.05) is 11.8 Å².